The molecule has 1 saturated carbocycles. The molecule has 1 saturated heterocycles. The van der Waals surface area contributed by atoms with Gasteiger partial charge in [0.25, 0.3) is 11.8 Å². The quantitative estimate of drug-likeness (QED) is 0.869. The second-order valence-electron chi connectivity index (χ2n) is 7.73. The van der Waals surface area contributed by atoms with E-state index in [2.05, 4.69) is 6.07 Å². The molecule has 6 heteroatoms. The Morgan fingerprint density at radius 3 is 2.24 bits per heavy atom. The molecule has 2 aromatic rings. The van der Waals surface area contributed by atoms with Crippen molar-refractivity contribution < 1.29 is 14.7 Å². The molecule has 29 heavy (non-hydrogen) atoms. The van der Waals surface area contributed by atoms with Gasteiger partial charge in [0, 0.05) is 31.7 Å². The van der Waals surface area contributed by atoms with Crippen LogP contribution in [-0.2, 0) is 11.2 Å². The molecule has 0 bridgehead atoms. The minimum atomic E-state index is -1.15. The second kappa shape index (κ2) is 7.69. The number of aliphatic hydroxyl groups is 1. The van der Waals surface area contributed by atoms with Crippen LogP contribution in [0.2, 0.25) is 0 Å². The van der Waals surface area contributed by atoms with Gasteiger partial charge in [0.05, 0.1) is 12.5 Å². The topological polar surface area (TPSA) is 84.6 Å². The van der Waals surface area contributed by atoms with Crippen molar-refractivity contribution >= 4 is 11.8 Å². The van der Waals surface area contributed by atoms with E-state index in [1.807, 2.05) is 48.5 Å². The molecule has 0 spiro atoms. The molecule has 1 aliphatic carbocycles. The maximum Gasteiger partial charge on any atom is 0.254 e. The molecule has 6 nitrogen and oxygen atoms in total. The number of carbonyl (C=O) groups excluding carboxylic acids is 2. The zero-order valence-electron chi connectivity index (χ0n) is 16.2. The maximum absolute atomic E-state index is 12.8. The molecular weight excluding hydrogens is 366 g/mol. The van der Waals surface area contributed by atoms with Crippen molar-refractivity contribution in [2.24, 2.45) is 0 Å². The van der Waals surface area contributed by atoms with Crippen LogP contribution < -0.4 is 0 Å². The predicted octanol–water partition coefficient (Wildman–Crippen LogP) is 2.23. The van der Waals surface area contributed by atoms with Crippen LogP contribution in [0.1, 0.15) is 28.8 Å². The van der Waals surface area contributed by atoms with Crippen molar-refractivity contribution in [1.29, 1.82) is 5.26 Å². The lowest BCUT2D eigenvalue weighted by molar-refractivity contribution is -0.143. The fraction of sp³-hybridized carbons (Fsp3) is 0.348. The van der Waals surface area contributed by atoms with Crippen molar-refractivity contribution in [1.82, 2.24) is 9.80 Å². The molecule has 2 aliphatic rings. The number of hydrogen-bond acceptors (Lipinski definition) is 4. The lowest BCUT2D eigenvalue weighted by Crippen LogP contribution is -2.53. The fourth-order valence-electron chi connectivity index (χ4n) is 3.68. The Labute approximate surface area is 170 Å². The minimum Gasteiger partial charge on any atom is -0.380 e. The minimum absolute atomic E-state index is 0.0491. The van der Waals surface area contributed by atoms with Crippen LogP contribution in [0.5, 0.6) is 0 Å². The second-order valence-corrected chi connectivity index (χ2v) is 7.73. The zero-order valence-corrected chi connectivity index (χ0v) is 16.2. The molecule has 0 atom stereocenters. The summed E-state index contributed by atoms with van der Waals surface area (Å²) < 4.78 is 0. The Bertz CT molecular complexity index is 966. The standard InChI is InChI=1S/C23H23N3O3/c24-11-8-17-2-1-3-20(16-17)18-4-6-19(7-5-18)21(27)25-12-14-26(15-13-25)22(28)23(29)9-10-23/h1-7,16,29H,8-10,12-15H2. The molecule has 4 rings (SSSR count). The van der Waals surface area contributed by atoms with E-state index in [-0.39, 0.29) is 11.8 Å². The summed E-state index contributed by atoms with van der Waals surface area (Å²) in [4.78, 5) is 28.4. The number of benzene rings is 2. The molecule has 0 unspecified atom stereocenters. The summed E-state index contributed by atoms with van der Waals surface area (Å²) in [6.07, 6.45) is 1.45. The third kappa shape index (κ3) is 4.01. The van der Waals surface area contributed by atoms with Crippen LogP contribution in [0.4, 0.5) is 0 Å². The predicted molar refractivity (Wildman–Crippen MR) is 108 cm³/mol. The summed E-state index contributed by atoms with van der Waals surface area (Å²) in [6, 6.07) is 17.5. The molecule has 0 radical (unpaired) electrons. The van der Waals surface area contributed by atoms with E-state index in [0.29, 0.717) is 51.0 Å². The third-order valence-electron chi connectivity index (χ3n) is 5.65. The van der Waals surface area contributed by atoms with Gasteiger partial charge >= 0.3 is 0 Å². The van der Waals surface area contributed by atoms with Gasteiger partial charge < -0.3 is 14.9 Å². The van der Waals surface area contributed by atoms with Crippen molar-refractivity contribution in [3.63, 3.8) is 0 Å². The molecule has 0 aromatic heterocycles. The van der Waals surface area contributed by atoms with Gasteiger partial charge in [0.2, 0.25) is 0 Å². The van der Waals surface area contributed by atoms with Gasteiger partial charge in [-0.1, -0.05) is 36.4 Å². The van der Waals surface area contributed by atoms with Crippen LogP contribution in [0, 0.1) is 11.3 Å². The van der Waals surface area contributed by atoms with Gasteiger partial charge in [-0.15, -0.1) is 0 Å². The number of hydrogen-bond donors (Lipinski definition) is 1. The summed E-state index contributed by atoms with van der Waals surface area (Å²) in [5, 5.41) is 18.8. The van der Waals surface area contributed by atoms with Crippen molar-refractivity contribution in [2.45, 2.75) is 24.9 Å². The number of nitrogens with zero attached hydrogens (tertiary/aromatic N) is 3. The monoisotopic (exact) mass is 389 g/mol. The average molecular weight is 389 g/mol. The first-order chi connectivity index (χ1) is 14.0. The number of piperazine rings is 1. The molecule has 1 N–H and O–H groups in total. The van der Waals surface area contributed by atoms with E-state index in [1.165, 1.54) is 0 Å². The van der Waals surface area contributed by atoms with Gasteiger partial charge in [-0.3, -0.25) is 9.59 Å². The Kier molecular flexibility index (Phi) is 5.08. The van der Waals surface area contributed by atoms with E-state index in [1.54, 1.807) is 9.80 Å². The maximum atomic E-state index is 12.8. The molecule has 148 valence electrons. The van der Waals surface area contributed by atoms with Crippen LogP contribution >= 0.6 is 0 Å². The number of rotatable bonds is 4. The molecular formula is C23H23N3O3. The summed E-state index contributed by atoms with van der Waals surface area (Å²) in [5.74, 6) is -0.250. The van der Waals surface area contributed by atoms with Crippen LogP contribution in [0.3, 0.4) is 0 Å². The Morgan fingerprint density at radius 1 is 0.966 bits per heavy atom. The largest absolute Gasteiger partial charge is 0.380 e. The van der Waals surface area contributed by atoms with E-state index < -0.39 is 5.60 Å². The van der Waals surface area contributed by atoms with Gasteiger partial charge in [0.1, 0.15) is 5.60 Å². The number of amides is 2. The van der Waals surface area contributed by atoms with E-state index in [9.17, 15) is 14.7 Å². The Balaban J connectivity index is 1.39. The van der Waals surface area contributed by atoms with Gasteiger partial charge in [0.15, 0.2) is 0 Å². The molecule has 1 heterocycles. The normalized spacial score (nSPS) is 17.5. The molecule has 2 fully saturated rings. The van der Waals surface area contributed by atoms with Gasteiger partial charge in [-0.05, 0) is 41.7 Å². The lowest BCUT2D eigenvalue weighted by atomic mass is 10.0. The van der Waals surface area contributed by atoms with Crippen molar-refractivity contribution in [3.05, 3.63) is 59.7 Å². The van der Waals surface area contributed by atoms with Crippen molar-refractivity contribution in [3.8, 4) is 17.2 Å². The summed E-state index contributed by atoms with van der Waals surface area (Å²) in [5.41, 5.74) is 2.44. The zero-order chi connectivity index (χ0) is 20.4. The third-order valence-corrected chi connectivity index (χ3v) is 5.65. The van der Waals surface area contributed by atoms with Gasteiger partial charge in [-0.2, -0.15) is 5.26 Å². The highest BCUT2D eigenvalue weighted by Crippen LogP contribution is 2.37. The van der Waals surface area contributed by atoms with Crippen molar-refractivity contribution in [2.75, 3.05) is 26.2 Å². The van der Waals surface area contributed by atoms with Crippen LogP contribution in [0.25, 0.3) is 11.1 Å². The first-order valence-electron chi connectivity index (χ1n) is 9.87. The average Bonchev–Trinajstić information content (AvgIpc) is 3.52. The van der Waals surface area contributed by atoms with E-state index in [4.69, 9.17) is 5.26 Å². The Hall–Kier alpha value is -3.17. The van der Waals surface area contributed by atoms with Crippen LogP contribution in [-0.4, -0.2) is 58.5 Å². The highest BCUT2D eigenvalue weighted by molar-refractivity contribution is 5.95. The Morgan fingerprint density at radius 2 is 1.62 bits per heavy atom. The smallest absolute Gasteiger partial charge is 0.254 e. The molecule has 2 aromatic carbocycles. The number of carbonyl (C=O) groups is 2. The fourth-order valence-corrected chi connectivity index (χ4v) is 3.68. The van der Waals surface area contributed by atoms with E-state index >= 15 is 0 Å². The lowest BCUT2D eigenvalue weighted by Gasteiger charge is -2.35. The first-order valence-corrected chi connectivity index (χ1v) is 9.87. The highest BCUT2D eigenvalue weighted by atomic mass is 16.3. The van der Waals surface area contributed by atoms with Crippen LogP contribution in [0.15, 0.2) is 48.5 Å². The summed E-state index contributed by atoms with van der Waals surface area (Å²) >= 11 is 0. The molecule has 2 amide bonds. The summed E-state index contributed by atoms with van der Waals surface area (Å²) in [6.45, 7) is 1.85. The SMILES string of the molecule is N#CCc1cccc(-c2ccc(C(=O)N3CCN(C(=O)C4(O)CC4)CC3)cc2)c1. The highest BCUT2D eigenvalue weighted by Gasteiger charge is 2.50. The number of nitriles is 1. The van der Waals surface area contributed by atoms with Gasteiger partial charge in [-0.25, -0.2) is 0 Å². The summed E-state index contributed by atoms with van der Waals surface area (Å²) in [7, 11) is 0. The first kappa shape index (κ1) is 19.2. The molecule has 1 aliphatic heterocycles. The van der Waals surface area contributed by atoms with E-state index in [0.717, 1.165) is 16.7 Å².